The summed E-state index contributed by atoms with van der Waals surface area (Å²) in [6.45, 7) is 6.60. The first-order valence-electron chi connectivity index (χ1n) is 10.1. The molecule has 0 fully saturated rings. The Balaban J connectivity index is 1.81. The molecule has 6 heteroatoms. The van der Waals surface area contributed by atoms with Crippen molar-refractivity contribution in [2.24, 2.45) is 0 Å². The predicted molar refractivity (Wildman–Crippen MR) is 115 cm³/mol. The van der Waals surface area contributed by atoms with E-state index < -0.39 is 12.0 Å². The fraction of sp³-hybridized carbons (Fsp3) is 0.333. The summed E-state index contributed by atoms with van der Waals surface area (Å²) in [5.74, 6) is 0.267. The molecular formula is C24H28N2O4. The van der Waals surface area contributed by atoms with E-state index >= 15 is 0 Å². The Morgan fingerprint density at radius 2 is 1.83 bits per heavy atom. The number of allylic oxidation sites excluding steroid dienone is 1. The van der Waals surface area contributed by atoms with Gasteiger partial charge in [0.25, 0.3) is 0 Å². The maximum atomic E-state index is 12.4. The molecule has 30 heavy (non-hydrogen) atoms. The maximum absolute atomic E-state index is 12.4. The molecule has 6 nitrogen and oxygen atoms in total. The number of ether oxygens (including phenoxy) is 2. The molecule has 0 aliphatic carbocycles. The molecule has 1 aliphatic heterocycles. The number of nitrogens with one attached hydrogen (secondary N) is 2. The molecule has 158 valence electrons. The summed E-state index contributed by atoms with van der Waals surface area (Å²) in [7, 11) is 1.34. The van der Waals surface area contributed by atoms with Crippen molar-refractivity contribution in [3.05, 3.63) is 76.0 Å². The van der Waals surface area contributed by atoms with Crippen molar-refractivity contribution in [2.75, 3.05) is 7.11 Å². The first-order chi connectivity index (χ1) is 14.4. The standard InChI is InChI=1S/C24H28N2O4/c1-5-6-20-21(23(27)29-4)22(26-24(28)25-20)17-9-11-19(12-10-17)30-14-18-13-15(2)7-8-16(18)3/h7-13,22H,5-6,14H2,1-4H3,(H2,25,26,28). The highest BCUT2D eigenvalue weighted by atomic mass is 16.5. The van der Waals surface area contributed by atoms with E-state index in [0.29, 0.717) is 24.3 Å². The molecule has 0 bridgehead atoms. The molecule has 2 aromatic carbocycles. The van der Waals surface area contributed by atoms with Gasteiger partial charge in [0.15, 0.2) is 0 Å². The van der Waals surface area contributed by atoms with E-state index in [2.05, 4.69) is 42.7 Å². The van der Waals surface area contributed by atoms with E-state index in [9.17, 15) is 9.59 Å². The Bertz CT molecular complexity index is 964. The van der Waals surface area contributed by atoms with Crippen molar-refractivity contribution in [2.45, 2.75) is 46.3 Å². The molecule has 3 rings (SSSR count). The molecular weight excluding hydrogens is 380 g/mol. The zero-order chi connectivity index (χ0) is 21.7. The molecule has 0 aromatic heterocycles. The van der Waals surface area contributed by atoms with Crippen molar-refractivity contribution >= 4 is 12.0 Å². The largest absolute Gasteiger partial charge is 0.489 e. The molecule has 2 amide bonds. The topological polar surface area (TPSA) is 76.7 Å². The third kappa shape index (κ3) is 4.82. The zero-order valence-electron chi connectivity index (χ0n) is 17.9. The van der Waals surface area contributed by atoms with Crippen LogP contribution in [0.2, 0.25) is 0 Å². The number of carbonyl (C=O) groups is 2. The molecule has 1 heterocycles. The van der Waals surface area contributed by atoms with E-state index in [0.717, 1.165) is 23.3 Å². The van der Waals surface area contributed by atoms with Gasteiger partial charge in [0, 0.05) is 5.70 Å². The molecule has 0 spiro atoms. The third-order valence-corrected chi connectivity index (χ3v) is 5.17. The van der Waals surface area contributed by atoms with E-state index in [-0.39, 0.29) is 6.03 Å². The minimum atomic E-state index is -0.569. The van der Waals surface area contributed by atoms with Gasteiger partial charge >= 0.3 is 12.0 Å². The van der Waals surface area contributed by atoms with Gasteiger partial charge in [-0.05, 0) is 49.1 Å². The van der Waals surface area contributed by atoms with Gasteiger partial charge in [-0.25, -0.2) is 9.59 Å². The van der Waals surface area contributed by atoms with Crippen molar-refractivity contribution < 1.29 is 19.1 Å². The molecule has 2 N–H and O–H groups in total. The van der Waals surface area contributed by atoms with E-state index in [4.69, 9.17) is 9.47 Å². The van der Waals surface area contributed by atoms with Crippen LogP contribution in [0.1, 0.15) is 48.1 Å². The normalized spacial score (nSPS) is 16.0. The number of urea groups is 1. The molecule has 0 radical (unpaired) electrons. The first kappa shape index (κ1) is 21.4. The Morgan fingerprint density at radius 1 is 1.10 bits per heavy atom. The van der Waals surface area contributed by atoms with Gasteiger partial charge < -0.3 is 20.1 Å². The highest BCUT2D eigenvalue weighted by molar-refractivity contribution is 5.95. The smallest absolute Gasteiger partial charge is 0.337 e. The van der Waals surface area contributed by atoms with Crippen LogP contribution in [0.25, 0.3) is 0 Å². The monoisotopic (exact) mass is 408 g/mol. The summed E-state index contributed by atoms with van der Waals surface area (Å²) in [4.78, 5) is 24.6. The minimum absolute atomic E-state index is 0.327. The van der Waals surface area contributed by atoms with Gasteiger partial charge in [0.05, 0.1) is 18.7 Å². The number of amides is 2. The lowest BCUT2D eigenvalue weighted by Crippen LogP contribution is -2.45. The lowest BCUT2D eigenvalue weighted by Gasteiger charge is -2.29. The number of hydrogen-bond donors (Lipinski definition) is 2. The van der Waals surface area contributed by atoms with Gasteiger partial charge in [-0.15, -0.1) is 0 Å². The van der Waals surface area contributed by atoms with Gasteiger partial charge in [0.1, 0.15) is 12.4 Å². The van der Waals surface area contributed by atoms with Crippen LogP contribution in [0.15, 0.2) is 53.7 Å². The molecule has 1 aliphatic rings. The van der Waals surface area contributed by atoms with Crippen LogP contribution < -0.4 is 15.4 Å². The second-order valence-electron chi connectivity index (χ2n) is 7.45. The number of hydrogen-bond acceptors (Lipinski definition) is 4. The maximum Gasteiger partial charge on any atom is 0.337 e. The summed E-state index contributed by atoms with van der Waals surface area (Å²) >= 11 is 0. The van der Waals surface area contributed by atoms with E-state index in [1.165, 1.54) is 18.2 Å². The molecule has 0 saturated heterocycles. The van der Waals surface area contributed by atoms with Gasteiger partial charge in [-0.1, -0.05) is 49.2 Å². The number of rotatable bonds is 7. The van der Waals surface area contributed by atoms with Crippen LogP contribution in [-0.2, 0) is 16.1 Å². The SMILES string of the molecule is CCCC1=C(C(=O)OC)C(c2ccc(OCc3cc(C)ccc3C)cc2)NC(=O)N1. The van der Waals surface area contributed by atoms with Gasteiger partial charge in [-0.2, -0.15) is 0 Å². The highest BCUT2D eigenvalue weighted by Crippen LogP contribution is 2.30. The van der Waals surface area contributed by atoms with E-state index in [1.54, 1.807) is 0 Å². The molecule has 0 saturated carbocycles. The second-order valence-corrected chi connectivity index (χ2v) is 7.45. The van der Waals surface area contributed by atoms with Crippen molar-refractivity contribution in [1.29, 1.82) is 0 Å². The molecule has 1 unspecified atom stereocenters. The van der Waals surface area contributed by atoms with Crippen molar-refractivity contribution in [3.63, 3.8) is 0 Å². The summed E-state index contributed by atoms with van der Waals surface area (Å²) in [5.41, 5.74) is 5.35. The zero-order valence-corrected chi connectivity index (χ0v) is 17.9. The summed E-state index contributed by atoms with van der Waals surface area (Å²) in [6.07, 6.45) is 1.39. The molecule has 1 atom stereocenters. The van der Waals surface area contributed by atoms with E-state index in [1.807, 2.05) is 31.2 Å². The van der Waals surface area contributed by atoms with Crippen LogP contribution in [-0.4, -0.2) is 19.1 Å². The molecule has 2 aromatic rings. The Hall–Kier alpha value is -3.28. The second kappa shape index (κ2) is 9.48. The van der Waals surface area contributed by atoms with Gasteiger partial charge in [0.2, 0.25) is 0 Å². The lowest BCUT2D eigenvalue weighted by atomic mass is 9.94. The van der Waals surface area contributed by atoms with Crippen LogP contribution in [0.3, 0.4) is 0 Å². The van der Waals surface area contributed by atoms with Crippen LogP contribution >= 0.6 is 0 Å². The predicted octanol–water partition coefficient (Wildman–Crippen LogP) is 4.46. The minimum Gasteiger partial charge on any atom is -0.489 e. The third-order valence-electron chi connectivity index (χ3n) is 5.17. The number of methoxy groups -OCH3 is 1. The van der Waals surface area contributed by atoms with Crippen LogP contribution in [0, 0.1) is 13.8 Å². The summed E-state index contributed by atoms with van der Waals surface area (Å²) in [6, 6.07) is 12.8. The summed E-state index contributed by atoms with van der Waals surface area (Å²) in [5, 5.41) is 5.57. The van der Waals surface area contributed by atoms with Crippen molar-refractivity contribution in [1.82, 2.24) is 10.6 Å². The number of aryl methyl sites for hydroxylation is 2. The summed E-state index contributed by atoms with van der Waals surface area (Å²) < 4.78 is 10.9. The lowest BCUT2D eigenvalue weighted by molar-refractivity contribution is -0.136. The Labute approximate surface area is 177 Å². The number of esters is 1. The number of benzene rings is 2. The average molecular weight is 408 g/mol. The number of carbonyl (C=O) groups excluding carboxylic acids is 2. The highest BCUT2D eigenvalue weighted by Gasteiger charge is 2.33. The van der Waals surface area contributed by atoms with Gasteiger partial charge in [-0.3, -0.25) is 0 Å². The van der Waals surface area contributed by atoms with Crippen LogP contribution in [0.5, 0.6) is 5.75 Å². The average Bonchev–Trinajstić information content (AvgIpc) is 2.74. The Kier molecular flexibility index (Phi) is 6.77. The fourth-order valence-corrected chi connectivity index (χ4v) is 3.54. The quantitative estimate of drug-likeness (QED) is 0.663. The first-order valence-corrected chi connectivity index (χ1v) is 10.1. The van der Waals surface area contributed by atoms with Crippen molar-refractivity contribution in [3.8, 4) is 5.75 Å². The fourth-order valence-electron chi connectivity index (χ4n) is 3.54. The van der Waals surface area contributed by atoms with Crippen LogP contribution in [0.4, 0.5) is 4.79 Å². The Morgan fingerprint density at radius 3 is 2.50 bits per heavy atom.